The molecule has 2 aromatic rings. The summed E-state index contributed by atoms with van der Waals surface area (Å²) in [5.74, 6) is -0.122. The predicted molar refractivity (Wildman–Crippen MR) is 61.6 cm³/mol. The number of rotatable bonds is 1. The zero-order chi connectivity index (χ0) is 11.0. The third-order valence-corrected chi connectivity index (χ3v) is 2.93. The maximum absolute atomic E-state index is 11.4. The second-order valence-electron chi connectivity index (χ2n) is 2.82. The number of aromatic nitrogens is 1. The quantitative estimate of drug-likeness (QED) is 0.858. The lowest BCUT2D eigenvalue weighted by molar-refractivity contribution is 0.441. The second kappa shape index (κ2) is 3.89. The number of halogens is 2. The van der Waals surface area contributed by atoms with Crippen molar-refractivity contribution in [3.63, 3.8) is 0 Å². The molecule has 2 rings (SSSR count). The van der Waals surface area contributed by atoms with Crippen molar-refractivity contribution in [1.82, 2.24) is 4.57 Å². The minimum atomic E-state index is -0.286. The molecule has 0 spiro atoms. The van der Waals surface area contributed by atoms with Crippen molar-refractivity contribution in [3.8, 4) is 11.6 Å². The highest BCUT2D eigenvalue weighted by atomic mass is 35.5. The molecule has 0 bridgehead atoms. The van der Waals surface area contributed by atoms with Crippen LogP contribution in [0.4, 0.5) is 0 Å². The molecule has 0 atom stereocenters. The molecule has 6 heteroatoms. The third kappa shape index (κ3) is 2.02. The first-order chi connectivity index (χ1) is 7.08. The summed E-state index contributed by atoms with van der Waals surface area (Å²) >= 11 is 12.5. The van der Waals surface area contributed by atoms with Gasteiger partial charge in [-0.3, -0.25) is 4.79 Å². The Balaban J connectivity index is 2.69. The van der Waals surface area contributed by atoms with Gasteiger partial charge in [0, 0.05) is 10.0 Å². The van der Waals surface area contributed by atoms with Crippen LogP contribution in [0, 0.1) is 0 Å². The van der Waals surface area contributed by atoms with Crippen LogP contribution in [0.25, 0.3) is 5.69 Å². The first kappa shape index (κ1) is 10.5. The molecule has 0 aliphatic heterocycles. The van der Waals surface area contributed by atoms with E-state index in [0.29, 0.717) is 15.7 Å². The first-order valence-corrected chi connectivity index (χ1v) is 5.57. The molecule has 0 radical (unpaired) electrons. The standard InChI is InChI=1S/C9H5Cl2NO2S/c10-5-1-6(11)3-7(2-5)12-8(13)4-15-9(12)14/h1-4,13H. The molecule has 0 fully saturated rings. The maximum Gasteiger partial charge on any atom is 0.314 e. The SMILES string of the molecule is O=c1scc(O)n1-c1cc(Cl)cc(Cl)c1. The molecule has 3 nitrogen and oxygen atoms in total. The van der Waals surface area contributed by atoms with Gasteiger partial charge >= 0.3 is 4.87 Å². The summed E-state index contributed by atoms with van der Waals surface area (Å²) in [5, 5.41) is 11.6. The Morgan fingerprint density at radius 3 is 2.27 bits per heavy atom. The van der Waals surface area contributed by atoms with Gasteiger partial charge in [0.1, 0.15) is 0 Å². The lowest BCUT2D eigenvalue weighted by atomic mass is 10.3. The molecule has 78 valence electrons. The topological polar surface area (TPSA) is 42.2 Å². The summed E-state index contributed by atoms with van der Waals surface area (Å²) in [6.07, 6.45) is 0. The van der Waals surface area contributed by atoms with Crippen molar-refractivity contribution < 1.29 is 5.11 Å². The van der Waals surface area contributed by atoms with E-state index < -0.39 is 0 Å². The van der Waals surface area contributed by atoms with Gasteiger partial charge in [-0.1, -0.05) is 34.5 Å². The van der Waals surface area contributed by atoms with Crippen LogP contribution in [0.15, 0.2) is 28.4 Å². The van der Waals surface area contributed by atoms with Crippen LogP contribution < -0.4 is 4.87 Å². The van der Waals surface area contributed by atoms with Crippen LogP contribution in [-0.2, 0) is 0 Å². The van der Waals surface area contributed by atoms with E-state index in [1.165, 1.54) is 5.38 Å². The summed E-state index contributed by atoms with van der Waals surface area (Å²) in [4.78, 5) is 11.1. The summed E-state index contributed by atoms with van der Waals surface area (Å²) in [5.41, 5.74) is 0.455. The van der Waals surface area contributed by atoms with Gasteiger partial charge < -0.3 is 5.11 Å². The van der Waals surface area contributed by atoms with Gasteiger partial charge in [0.25, 0.3) is 0 Å². The molecule has 15 heavy (non-hydrogen) atoms. The summed E-state index contributed by atoms with van der Waals surface area (Å²) in [7, 11) is 0. The summed E-state index contributed by atoms with van der Waals surface area (Å²) in [6.45, 7) is 0. The molecule has 1 aromatic heterocycles. The van der Waals surface area contributed by atoms with Gasteiger partial charge in [0.2, 0.25) is 5.88 Å². The van der Waals surface area contributed by atoms with Crippen LogP contribution in [0.3, 0.4) is 0 Å². The fourth-order valence-corrected chi connectivity index (χ4v) is 2.34. The lowest BCUT2D eigenvalue weighted by Gasteiger charge is -2.04. The average Bonchev–Trinajstić information content (AvgIpc) is 2.44. The smallest absolute Gasteiger partial charge is 0.314 e. The molecule has 0 saturated carbocycles. The molecule has 1 N–H and O–H groups in total. The largest absolute Gasteiger partial charge is 0.494 e. The zero-order valence-corrected chi connectivity index (χ0v) is 9.60. The van der Waals surface area contributed by atoms with E-state index >= 15 is 0 Å². The van der Waals surface area contributed by atoms with Crippen LogP contribution >= 0.6 is 34.5 Å². The van der Waals surface area contributed by atoms with E-state index in [1.54, 1.807) is 18.2 Å². The summed E-state index contributed by atoms with van der Waals surface area (Å²) in [6, 6.07) is 4.67. The number of hydrogen-bond donors (Lipinski definition) is 1. The van der Waals surface area contributed by atoms with Crippen molar-refractivity contribution in [2.45, 2.75) is 0 Å². The Morgan fingerprint density at radius 2 is 1.80 bits per heavy atom. The molecule has 1 aromatic carbocycles. The highest BCUT2D eigenvalue weighted by Gasteiger charge is 2.08. The van der Waals surface area contributed by atoms with E-state index in [1.807, 2.05) is 0 Å². The fourth-order valence-electron chi connectivity index (χ4n) is 1.21. The summed E-state index contributed by atoms with van der Waals surface area (Å²) < 4.78 is 1.14. The molecule has 0 aliphatic rings. The highest BCUT2D eigenvalue weighted by molar-refractivity contribution is 7.07. The maximum atomic E-state index is 11.4. The van der Waals surface area contributed by atoms with Crippen molar-refractivity contribution >= 4 is 34.5 Å². The number of nitrogens with zero attached hydrogens (tertiary/aromatic N) is 1. The van der Waals surface area contributed by atoms with Gasteiger partial charge in [-0.2, -0.15) is 0 Å². The lowest BCUT2D eigenvalue weighted by Crippen LogP contribution is -2.09. The first-order valence-electron chi connectivity index (χ1n) is 3.94. The Labute approximate surface area is 99.1 Å². The average molecular weight is 262 g/mol. The Morgan fingerprint density at radius 1 is 1.20 bits per heavy atom. The van der Waals surface area contributed by atoms with Gasteiger partial charge in [-0.15, -0.1) is 0 Å². The molecular formula is C9H5Cl2NO2S. The van der Waals surface area contributed by atoms with E-state index in [0.717, 1.165) is 15.9 Å². The van der Waals surface area contributed by atoms with E-state index in [2.05, 4.69) is 0 Å². The van der Waals surface area contributed by atoms with Crippen LogP contribution in [0.2, 0.25) is 10.0 Å². The Bertz CT molecular complexity index is 541. The minimum Gasteiger partial charge on any atom is -0.494 e. The van der Waals surface area contributed by atoms with Crippen molar-refractivity contribution in [1.29, 1.82) is 0 Å². The van der Waals surface area contributed by atoms with Gasteiger partial charge in [-0.05, 0) is 18.2 Å². The van der Waals surface area contributed by atoms with Crippen molar-refractivity contribution in [2.75, 3.05) is 0 Å². The molecule has 1 heterocycles. The van der Waals surface area contributed by atoms with Gasteiger partial charge in [0.05, 0.1) is 11.1 Å². The normalized spacial score (nSPS) is 10.5. The predicted octanol–water partition coefficient (Wildman–Crippen LogP) is 2.91. The number of thiazole rings is 1. The van der Waals surface area contributed by atoms with Crippen LogP contribution in [0.1, 0.15) is 0 Å². The van der Waals surface area contributed by atoms with Crippen LogP contribution in [0.5, 0.6) is 5.88 Å². The fraction of sp³-hybridized carbons (Fsp3) is 0. The van der Waals surface area contributed by atoms with Crippen LogP contribution in [-0.4, -0.2) is 9.67 Å². The molecule has 0 aliphatic carbocycles. The minimum absolute atomic E-state index is 0.122. The number of hydrogen-bond acceptors (Lipinski definition) is 3. The van der Waals surface area contributed by atoms with Gasteiger partial charge in [0.15, 0.2) is 0 Å². The second-order valence-corrected chi connectivity index (χ2v) is 4.52. The Kier molecular flexibility index (Phi) is 2.73. The number of benzene rings is 1. The number of aromatic hydroxyl groups is 1. The Hall–Kier alpha value is -0.970. The van der Waals surface area contributed by atoms with Crippen molar-refractivity contribution in [3.05, 3.63) is 43.3 Å². The molecule has 0 saturated heterocycles. The van der Waals surface area contributed by atoms with E-state index in [4.69, 9.17) is 23.2 Å². The molecular weight excluding hydrogens is 257 g/mol. The molecule has 0 unspecified atom stereocenters. The monoisotopic (exact) mass is 261 g/mol. The van der Waals surface area contributed by atoms with Gasteiger partial charge in [-0.25, -0.2) is 4.57 Å². The zero-order valence-electron chi connectivity index (χ0n) is 7.28. The van der Waals surface area contributed by atoms with E-state index in [9.17, 15) is 9.90 Å². The highest BCUT2D eigenvalue weighted by Crippen LogP contribution is 2.24. The van der Waals surface area contributed by atoms with E-state index in [-0.39, 0.29) is 10.8 Å². The molecule has 0 amide bonds. The van der Waals surface area contributed by atoms with Crippen molar-refractivity contribution in [2.24, 2.45) is 0 Å². The third-order valence-electron chi connectivity index (χ3n) is 1.78.